The summed E-state index contributed by atoms with van der Waals surface area (Å²) >= 11 is 0. The molecule has 6 nitrogen and oxygen atoms in total. The normalized spacial score (nSPS) is 17.4. The van der Waals surface area contributed by atoms with Gasteiger partial charge in [0.25, 0.3) is 0 Å². The molecule has 0 aliphatic carbocycles. The van der Waals surface area contributed by atoms with Crippen LogP contribution in [0.3, 0.4) is 0 Å². The molecule has 0 rings (SSSR count). The molecule has 0 bridgehead atoms. The van der Waals surface area contributed by atoms with Crippen LogP contribution in [0.1, 0.15) is 60.8 Å². The van der Waals surface area contributed by atoms with Crippen molar-refractivity contribution in [2.75, 3.05) is 26.8 Å². The van der Waals surface area contributed by atoms with Gasteiger partial charge in [-0.05, 0) is 47.6 Å². The van der Waals surface area contributed by atoms with Crippen molar-refractivity contribution in [2.45, 2.75) is 77.4 Å². The molecule has 2 atom stereocenters. The molecular formula is C18H36N2O4. The Kier molecular flexibility index (Phi) is 8.73. The van der Waals surface area contributed by atoms with Gasteiger partial charge in [-0.2, -0.15) is 0 Å². The molecule has 0 spiro atoms. The molecule has 0 radical (unpaired) electrons. The Morgan fingerprint density at radius 2 is 1.54 bits per heavy atom. The van der Waals surface area contributed by atoms with Crippen LogP contribution in [0.15, 0.2) is 0 Å². The fourth-order valence-corrected chi connectivity index (χ4v) is 2.73. The van der Waals surface area contributed by atoms with E-state index in [2.05, 4.69) is 5.32 Å². The van der Waals surface area contributed by atoms with Crippen molar-refractivity contribution < 1.29 is 19.8 Å². The molecule has 0 saturated carbocycles. The number of hydrogen-bond acceptors (Lipinski definition) is 6. The van der Waals surface area contributed by atoms with E-state index in [1.54, 1.807) is 20.8 Å². The Bertz CT molecular complexity index is 437. The first-order valence-corrected chi connectivity index (χ1v) is 8.71. The van der Waals surface area contributed by atoms with Crippen LogP contribution < -0.4 is 5.32 Å². The molecule has 0 aliphatic heterocycles. The zero-order chi connectivity index (χ0) is 19.2. The fraction of sp³-hybridized carbons (Fsp3) is 0.889. The molecule has 0 heterocycles. The van der Waals surface area contributed by atoms with Crippen LogP contribution in [0.2, 0.25) is 0 Å². The summed E-state index contributed by atoms with van der Waals surface area (Å²) in [6.45, 7) is 10.8. The third-order valence-corrected chi connectivity index (χ3v) is 5.56. The van der Waals surface area contributed by atoms with Gasteiger partial charge >= 0.3 is 0 Å². The summed E-state index contributed by atoms with van der Waals surface area (Å²) in [4.78, 5) is 26.6. The Morgan fingerprint density at radius 1 is 1.04 bits per heavy atom. The second kappa shape index (κ2) is 9.04. The average Bonchev–Trinajstić information content (AvgIpc) is 2.57. The van der Waals surface area contributed by atoms with Crippen LogP contribution in [0.25, 0.3) is 0 Å². The third-order valence-electron chi connectivity index (χ3n) is 5.56. The molecule has 0 aromatic heterocycles. The molecule has 142 valence electrons. The minimum absolute atomic E-state index is 0.00646. The molecule has 0 amide bonds. The lowest BCUT2D eigenvalue weighted by molar-refractivity contribution is -0.131. The van der Waals surface area contributed by atoms with Gasteiger partial charge in [-0.15, -0.1) is 0 Å². The van der Waals surface area contributed by atoms with Gasteiger partial charge in [-0.1, -0.05) is 13.8 Å². The SMILES string of the molecule is CCC(C)(NC(C)(CO)CO)C(=O)CCN(C)C(C)(CC)C(C)=O. The van der Waals surface area contributed by atoms with Crippen molar-refractivity contribution in [3.05, 3.63) is 0 Å². The molecule has 0 aliphatic rings. The highest BCUT2D eigenvalue weighted by molar-refractivity contribution is 5.88. The molecule has 2 unspecified atom stereocenters. The Hall–Kier alpha value is -0.820. The largest absolute Gasteiger partial charge is 0.394 e. The summed E-state index contributed by atoms with van der Waals surface area (Å²) in [5.41, 5.74) is -2.31. The molecule has 6 heteroatoms. The lowest BCUT2D eigenvalue weighted by atomic mass is 9.86. The maximum atomic E-state index is 12.8. The van der Waals surface area contributed by atoms with Crippen LogP contribution in [0.4, 0.5) is 0 Å². The highest BCUT2D eigenvalue weighted by Gasteiger charge is 2.39. The second-order valence-corrected chi connectivity index (χ2v) is 7.47. The standard InChI is InChI=1S/C18H36N2O4/c1-8-17(5,19-16(4,12-21)13-22)15(24)10-11-20(7)18(6,9-2)14(3)23/h19,21-22H,8-13H2,1-7H3. The van der Waals surface area contributed by atoms with E-state index in [-0.39, 0.29) is 24.8 Å². The van der Waals surface area contributed by atoms with E-state index in [4.69, 9.17) is 0 Å². The zero-order valence-electron chi connectivity index (χ0n) is 16.4. The van der Waals surface area contributed by atoms with E-state index >= 15 is 0 Å². The zero-order valence-corrected chi connectivity index (χ0v) is 16.4. The third kappa shape index (κ3) is 5.34. The topological polar surface area (TPSA) is 89.9 Å². The van der Waals surface area contributed by atoms with Gasteiger partial charge in [0.15, 0.2) is 5.78 Å². The van der Waals surface area contributed by atoms with Crippen molar-refractivity contribution in [1.29, 1.82) is 0 Å². The summed E-state index contributed by atoms with van der Waals surface area (Å²) in [5, 5.41) is 22.0. The van der Waals surface area contributed by atoms with Crippen molar-refractivity contribution >= 4 is 11.6 Å². The van der Waals surface area contributed by atoms with Crippen molar-refractivity contribution in [2.24, 2.45) is 0 Å². The first-order chi connectivity index (χ1) is 10.9. The number of ketones is 2. The second-order valence-electron chi connectivity index (χ2n) is 7.47. The van der Waals surface area contributed by atoms with Gasteiger partial charge in [0, 0.05) is 13.0 Å². The number of Topliss-reactive ketones (excluding diaryl/α,β-unsaturated/α-hetero) is 2. The molecule has 0 aromatic carbocycles. The number of nitrogens with one attached hydrogen (secondary N) is 1. The van der Waals surface area contributed by atoms with Crippen LogP contribution in [0, 0.1) is 0 Å². The van der Waals surface area contributed by atoms with E-state index in [1.165, 1.54) is 0 Å². The average molecular weight is 344 g/mol. The van der Waals surface area contributed by atoms with Gasteiger partial charge in [0.2, 0.25) is 0 Å². The van der Waals surface area contributed by atoms with Crippen molar-refractivity contribution in [3.63, 3.8) is 0 Å². The Labute approximate surface area is 146 Å². The number of nitrogens with zero attached hydrogens (tertiary/aromatic N) is 1. The van der Waals surface area contributed by atoms with Crippen LogP contribution in [0.5, 0.6) is 0 Å². The predicted octanol–water partition coefficient (Wildman–Crippen LogP) is 1.14. The monoisotopic (exact) mass is 344 g/mol. The minimum atomic E-state index is -0.913. The number of carbonyl (C=O) groups is 2. The van der Waals surface area contributed by atoms with E-state index in [1.807, 2.05) is 32.7 Å². The summed E-state index contributed by atoms with van der Waals surface area (Å²) in [7, 11) is 1.86. The molecule has 0 aromatic rings. The number of aliphatic hydroxyl groups excluding tert-OH is 2. The molecule has 24 heavy (non-hydrogen) atoms. The lowest BCUT2D eigenvalue weighted by Crippen LogP contribution is -2.62. The molecule has 0 fully saturated rings. The predicted molar refractivity (Wildman–Crippen MR) is 96.0 cm³/mol. The van der Waals surface area contributed by atoms with Gasteiger partial charge in [-0.25, -0.2) is 0 Å². The molecule has 3 N–H and O–H groups in total. The smallest absolute Gasteiger partial charge is 0.153 e. The molecule has 0 saturated heterocycles. The fourth-order valence-electron chi connectivity index (χ4n) is 2.73. The number of likely N-dealkylation sites (N-methyl/N-ethyl adjacent to an activating group) is 1. The van der Waals surface area contributed by atoms with Gasteiger partial charge in [-0.3, -0.25) is 19.8 Å². The summed E-state index contributed by atoms with van der Waals surface area (Å²) in [6.07, 6.45) is 1.52. The van der Waals surface area contributed by atoms with E-state index in [0.29, 0.717) is 25.8 Å². The van der Waals surface area contributed by atoms with Gasteiger partial charge in [0.1, 0.15) is 5.78 Å². The van der Waals surface area contributed by atoms with E-state index in [0.717, 1.165) is 0 Å². The van der Waals surface area contributed by atoms with Gasteiger partial charge < -0.3 is 10.2 Å². The van der Waals surface area contributed by atoms with E-state index < -0.39 is 16.6 Å². The highest BCUT2D eigenvalue weighted by Crippen LogP contribution is 2.22. The number of carbonyl (C=O) groups excluding carboxylic acids is 2. The summed E-state index contributed by atoms with van der Waals surface area (Å²) in [5.74, 6) is 0.0939. The maximum Gasteiger partial charge on any atom is 0.153 e. The lowest BCUT2D eigenvalue weighted by Gasteiger charge is -2.40. The first kappa shape index (κ1) is 23.2. The van der Waals surface area contributed by atoms with Crippen LogP contribution in [-0.2, 0) is 9.59 Å². The number of rotatable bonds is 12. The molecular weight excluding hydrogens is 308 g/mol. The summed E-state index contributed by atoms with van der Waals surface area (Å²) < 4.78 is 0. The Morgan fingerprint density at radius 3 is 1.88 bits per heavy atom. The van der Waals surface area contributed by atoms with Crippen LogP contribution in [-0.4, -0.2) is 70.1 Å². The first-order valence-electron chi connectivity index (χ1n) is 8.71. The van der Waals surface area contributed by atoms with Gasteiger partial charge in [0.05, 0.1) is 29.8 Å². The van der Waals surface area contributed by atoms with Crippen LogP contribution >= 0.6 is 0 Å². The summed E-state index contributed by atoms with van der Waals surface area (Å²) in [6, 6.07) is 0. The Balaban J connectivity index is 5.04. The minimum Gasteiger partial charge on any atom is -0.394 e. The number of hydrogen-bond donors (Lipinski definition) is 3. The van der Waals surface area contributed by atoms with Crippen molar-refractivity contribution in [1.82, 2.24) is 10.2 Å². The number of aliphatic hydroxyl groups is 2. The maximum absolute atomic E-state index is 12.8. The van der Waals surface area contributed by atoms with E-state index in [9.17, 15) is 19.8 Å². The van der Waals surface area contributed by atoms with Crippen molar-refractivity contribution in [3.8, 4) is 0 Å². The quantitative estimate of drug-likeness (QED) is 0.492. The highest BCUT2D eigenvalue weighted by atomic mass is 16.3.